The highest BCUT2D eigenvalue weighted by atomic mass is 15.3. The average molecular weight is 253 g/mol. The summed E-state index contributed by atoms with van der Waals surface area (Å²) < 4.78 is 1.92. The first-order valence-corrected chi connectivity index (χ1v) is 6.25. The lowest BCUT2D eigenvalue weighted by molar-refractivity contribution is 0.637. The number of para-hydroxylation sites is 1. The van der Waals surface area contributed by atoms with Gasteiger partial charge >= 0.3 is 0 Å². The van der Waals surface area contributed by atoms with Crippen molar-refractivity contribution in [2.75, 3.05) is 11.9 Å². The average Bonchev–Trinajstić information content (AvgIpc) is 2.85. The van der Waals surface area contributed by atoms with E-state index in [9.17, 15) is 0 Å². The monoisotopic (exact) mass is 253 g/mol. The number of nitrogens with one attached hydrogen (secondary N) is 1. The fourth-order valence-corrected chi connectivity index (χ4v) is 2.02. The van der Waals surface area contributed by atoms with E-state index in [0.717, 1.165) is 29.8 Å². The van der Waals surface area contributed by atoms with Crippen LogP contribution < -0.4 is 5.32 Å². The number of aromatic nitrogens is 4. The molecular formula is C14H15N5. The smallest absolute Gasteiger partial charge is 0.137 e. The molecule has 2 aromatic heterocycles. The summed E-state index contributed by atoms with van der Waals surface area (Å²) in [5, 5.41) is 8.63. The van der Waals surface area contributed by atoms with Crippen LogP contribution in [0.4, 0.5) is 5.82 Å². The first kappa shape index (κ1) is 11.6. The number of hydrogen-bond acceptors (Lipinski definition) is 4. The lowest BCUT2D eigenvalue weighted by Gasteiger charge is -2.08. The molecule has 0 saturated heterocycles. The molecule has 0 amide bonds. The first-order chi connectivity index (χ1) is 9.33. The van der Waals surface area contributed by atoms with Crippen LogP contribution >= 0.6 is 0 Å². The van der Waals surface area contributed by atoms with Gasteiger partial charge in [0, 0.05) is 18.1 Å². The van der Waals surface area contributed by atoms with E-state index in [-0.39, 0.29) is 0 Å². The molecule has 0 aliphatic rings. The summed E-state index contributed by atoms with van der Waals surface area (Å²) in [6.45, 7) is 3.63. The summed E-state index contributed by atoms with van der Waals surface area (Å²) in [6, 6.07) is 7.98. The number of anilines is 1. The minimum Gasteiger partial charge on any atom is -0.368 e. The zero-order chi connectivity index (χ0) is 13.1. The van der Waals surface area contributed by atoms with Crippen LogP contribution in [0.25, 0.3) is 10.9 Å². The minimum absolute atomic E-state index is 0.780. The molecule has 0 saturated carbocycles. The van der Waals surface area contributed by atoms with E-state index in [1.807, 2.05) is 48.3 Å². The number of nitrogens with zero attached hydrogens (tertiary/aromatic N) is 4. The molecule has 3 rings (SSSR count). The Labute approximate surface area is 111 Å². The molecule has 3 aromatic rings. The predicted octanol–water partition coefficient (Wildman–Crippen LogP) is 2.25. The van der Waals surface area contributed by atoms with Crippen molar-refractivity contribution in [2.24, 2.45) is 0 Å². The van der Waals surface area contributed by atoms with E-state index >= 15 is 0 Å². The van der Waals surface area contributed by atoms with E-state index in [2.05, 4.69) is 20.4 Å². The normalized spacial score (nSPS) is 10.8. The van der Waals surface area contributed by atoms with Crippen LogP contribution in [-0.2, 0) is 6.54 Å². The Bertz CT molecular complexity index is 684. The highest BCUT2D eigenvalue weighted by Crippen LogP contribution is 2.17. The Kier molecular flexibility index (Phi) is 3.10. The maximum absolute atomic E-state index is 4.29. The van der Waals surface area contributed by atoms with Crippen LogP contribution in [0.1, 0.15) is 5.56 Å². The van der Waals surface area contributed by atoms with Gasteiger partial charge in [0.15, 0.2) is 0 Å². The predicted molar refractivity (Wildman–Crippen MR) is 75.0 cm³/mol. The first-order valence-electron chi connectivity index (χ1n) is 6.25. The zero-order valence-corrected chi connectivity index (χ0v) is 10.7. The molecule has 1 N–H and O–H groups in total. The van der Waals surface area contributed by atoms with Gasteiger partial charge in [0.1, 0.15) is 12.1 Å². The number of fused-ring (bicyclic) bond motifs is 1. The molecule has 0 spiro atoms. The molecule has 2 heterocycles. The highest BCUT2D eigenvalue weighted by Gasteiger charge is 2.02. The van der Waals surface area contributed by atoms with Crippen molar-refractivity contribution >= 4 is 16.7 Å². The Hall–Kier alpha value is -2.43. The Morgan fingerprint density at radius 1 is 1.21 bits per heavy atom. The molecule has 0 aliphatic carbocycles. The van der Waals surface area contributed by atoms with Gasteiger partial charge in [-0.15, -0.1) is 0 Å². The number of hydrogen-bond donors (Lipinski definition) is 1. The lowest BCUT2D eigenvalue weighted by Crippen LogP contribution is -2.12. The lowest BCUT2D eigenvalue weighted by atomic mass is 10.2. The molecule has 0 atom stereocenters. The van der Waals surface area contributed by atoms with Crippen molar-refractivity contribution in [3.63, 3.8) is 0 Å². The Morgan fingerprint density at radius 2 is 2.11 bits per heavy atom. The third kappa shape index (κ3) is 2.54. The van der Waals surface area contributed by atoms with Gasteiger partial charge in [0.25, 0.3) is 0 Å². The zero-order valence-electron chi connectivity index (χ0n) is 10.7. The van der Waals surface area contributed by atoms with Crippen molar-refractivity contribution in [3.05, 3.63) is 48.5 Å². The molecule has 0 bridgehead atoms. The van der Waals surface area contributed by atoms with E-state index in [4.69, 9.17) is 0 Å². The van der Waals surface area contributed by atoms with Gasteiger partial charge < -0.3 is 5.32 Å². The fraction of sp³-hybridized carbons (Fsp3) is 0.214. The summed E-state index contributed by atoms with van der Waals surface area (Å²) in [4.78, 5) is 8.53. The Balaban J connectivity index is 1.71. The van der Waals surface area contributed by atoms with E-state index < -0.39 is 0 Å². The molecule has 96 valence electrons. The van der Waals surface area contributed by atoms with Gasteiger partial charge in [-0.25, -0.2) is 9.97 Å². The van der Waals surface area contributed by atoms with Gasteiger partial charge in [0.05, 0.1) is 18.3 Å². The van der Waals surface area contributed by atoms with Crippen LogP contribution in [0.15, 0.2) is 43.0 Å². The summed E-state index contributed by atoms with van der Waals surface area (Å²) in [6.07, 6.45) is 5.47. The third-order valence-corrected chi connectivity index (χ3v) is 2.94. The van der Waals surface area contributed by atoms with Crippen molar-refractivity contribution in [1.82, 2.24) is 19.7 Å². The molecule has 19 heavy (non-hydrogen) atoms. The summed E-state index contributed by atoms with van der Waals surface area (Å²) in [5.41, 5.74) is 2.13. The molecule has 1 aromatic carbocycles. The SMILES string of the molecule is Cc1cnn(CCNc2ncnc3ccccc23)c1. The van der Waals surface area contributed by atoms with Crippen LogP contribution in [-0.4, -0.2) is 26.3 Å². The molecule has 0 aliphatic heterocycles. The molecule has 5 nitrogen and oxygen atoms in total. The molecule has 0 radical (unpaired) electrons. The van der Waals surface area contributed by atoms with E-state index in [1.54, 1.807) is 6.33 Å². The maximum Gasteiger partial charge on any atom is 0.137 e. The fourth-order valence-electron chi connectivity index (χ4n) is 2.02. The van der Waals surface area contributed by atoms with Crippen molar-refractivity contribution in [2.45, 2.75) is 13.5 Å². The van der Waals surface area contributed by atoms with Gasteiger partial charge in [-0.1, -0.05) is 12.1 Å². The summed E-state index contributed by atoms with van der Waals surface area (Å²) in [5.74, 6) is 0.870. The highest BCUT2D eigenvalue weighted by molar-refractivity contribution is 5.88. The maximum atomic E-state index is 4.29. The molecular weight excluding hydrogens is 238 g/mol. The number of benzene rings is 1. The standard InChI is InChI=1S/C14H15N5/c1-11-8-18-19(9-11)7-6-15-14-12-4-2-3-5-13(12)16-10-17-14/h2-5,8-10H,6-7H2,1H3,(H,15,16,17). The summed E-state index contributed by atoms with van der Waals surface area (Å²) in [7, 11) is 0. The van der Waals surface area contributed by atoms with Gasteiger partial charge in [-0.3, -0.25) is 4.68 Å². The molecule has 5 heteroatoms. The van der Waals surface area contributed by atoms with Crippen molar-refractivity contribution in [3.8, 4) is 0 Å². The topological polar surface area (TPSA) is 55.6 Å². The second-order valence-electron chi connectivity index (χ2n) is 4.45. The van der Waals surface area contributed by atoms with Gasteiger partial charge in [0.2, 0.25) is 0 Å². The molecule has 0 fully saturated rings. The number of aryl methyl sites for hydroxylation is 1. The van der Waals surface area contributed by atoms with Crippen LogP contribution in [0.2, 0.25) is 0 Å². The van der Waals surface area contributed by atoms with Gasteiger partial charge in [-0.05, 0) is 24.6 Å². The molecule has 0 unspecified atom stereocenters. The van der Waals surface area contributed by atoms with Gasteiger partial charge in [-0.2, -0.15) is 5.10 Å². The minimum atomic E-state index is 0.780. The number of rotatable bonds is 4. The third-order valence-electron chi connectivity index (χ3n) is 2.94. The van der Waals surface area contributed by atoms with Crippen molar-refractivity contribution < 1.29 is 0 Å². The van der Waals surface area contributed by atoms with Crippen LogP contribution in [0.5, 0.6) is 0 Å². The second kappa shape index (κ2) is 5.06. The van der Waals surface area contributed by atoms with Crippen molar-refractivity contribution in [1.29, 1.82) is 0 Å². The van der Waals surface area contributed by atoms with E-state index in [1.165, 1.54) is 5.56 Å². The summed E-state index contributed by atoms with van der Waals surface area (Å²) >= 11 is 0. The van der Waals surface area contributed by atoms with Crippen LogP contribution in [0, 0.1) is 6.92 Å². The van der Waals surface area contributed by atoms with Crippen LogP contribution in [0.3, 0.4) is 0 Å². The Morgan fingerprint density at radius 3 is 2.95 bits per heavy atom. The second-order valence-corrected chi connectivity index (χ2v) is 4.45. The van der Waals surface area contributed by atoms with E-state index in [0.29, 0.717) is 0 Å². The largest absolute Gasteiger partial charge is 0.368 e. The quantitative estimate of drug-likeness (QED) is 0.774.